The lowest BCUT2D eigenvalue weighted by Gasteiger charge is -2.16. The van der Waals surface area contributed by atoms with Crippen molar-refractivity contribution < 1.29 is 9.07 Å². The van der Waals surface area contributed by atoms with Gasteiger partial charge in [0.2, 0.25) is 0 Å². The van der Waals surface area contributed by atoms with Gasteiger partial charge in [-0.3, -0.25) is 15.7 Å². The highest BCUT2D eigenvalue weighted by Crippen LogP contribution is 2.23. The van der Waals surface area contributed by atoms with Crippen molar-refractivity contribution in [2.45, 2.75) is 26.8 Å². The van der Waals surface area contributed by atoms with Gasteiger partial charge in [-0.05, 0) is 38.5 Å². The van der Waals surface area contributed by atoms with E-state index in [4.69, 9.17) is 11.1 Å². The molecule has 0 aliphatic carbocycles. The van der Waals surface area contributed by atoms with Crippen molar-refractivity contribution in [2.24, 2.45) is 0 Å². The fourth-order valence-corrected chi connectivity index (χ4v) is 3.11. The second-order valence-electron chi connectivity index (χ2n) is 6.85. The second-order valence-corrected chi connectivity index (χ2v) is 6.85. The van der Waals surface area contributed by atoms with Gasteiger partial charge in [0, 0.05) is 39.1 Å². The Balaban J connectivity index is 0.00000320. The van der Waals surface area contributed by atoms with Gasteiger partial charge in [-0.15, -0.1) is 0 Å². The molecule has 7 nitrogen and oxygen atoms in total. The average Bonchev–Trinajstić information content (AvgIpc) is 2.68. The summed E-state index contributed by atoms with van der Waals surface area (Å²) in [6.07, 6.45) is 1.66. The lowest BCUT2D eigenvalue weighted by atomic mass is 10.00. The summed E-state index contributed by atoms with van der Waals surface area (Å²) in [5.74, 6) is 0.334. The Morgan fingerprint density at radius 3 is 2.55 bits per heavy atom. The molecular weight excluding hydrogens is 364 g/mol. The van der Waals surface area contributed by atoms with Gasteiger partial charge in [-0.25, -0.2) is 9.78 Å². The topological polar surface area (TPSA) is 117 Å². The van der Waals surface area contributed by atoms with Gasteiger partial charge in [0.05, 0.1) is 17.4 Å². The average molecular weight is 395 g/mol. The molecular formula is C22H30N6O. The second kappa shape index (κ2) is 8.52. The number of nitrogens with two attached hydrogens (primary N) is 1. The van der Waals surface area contributed by atoms with E-state index in [9.17, 15) is 4.79 Å². The molecule has 0 fully saturated rings. The summed E-state index contributed by atoms with van der Waals surface area (Å²) in [5, 5.41) is 14.1. The van der Waals surface area contributed by atoms with Crippen LogP contribution in [0.3, 0.4) is 0 Å². The third kappa shape index (κ3) is 4.76. The monoisotopic (exact) mass is 394 g/mol. The number of hydrogen-bond acceptors (Lipinski definition) is 5. The molecule has 0 aliphatic heterocycles. The minimum absolute atomic E-state index is 0. The lowest BCUT2D eigenvalue weighted by molar-refractivity contribution is 0.249. The summed E-state index contributed by atoms with van der Waals surface area (Å²) >= 11 is 0. The van der Waals surface area contributed by atoms with Crippen LogP contribution in [0.15, 0.2) is 54.7 Å². The van der Waals surface area contributed by atoms with Crippen LogP contribution >= 0.6 is 0 Å². The molecule has 29 heavy (non-hydrogen) atoms. The number of carbonyl (C=O) groups excluding carboxylic acids is 1. The van der Waals surface area contributed by atoms with Crippen LogP contribution in [0.2, 0.25) is 0 Å². The van der Waals surface area contributed by atoms with Crippen LogP contribution in [0.25, 0.3) is 0 Å². The van der Waals surface area contributed by atoms with E-state index in [1.54, 1.807) is 25.3 Å². The van der Waals surface area contributed by atoms with Gasteiger partial charge in [0.25, 0.3) is 0 Å². The summed E-state index contributed by atoms with van der Waals surface area (Å²) in [4.78, 5) is 20.9. The van der Waals surface area contributed by atoms with E-state index < -0.39 is 0 Å². The summed E-state index contributed by atoms with van der Waals surface area (Å²) in [6, 6.07) is 14.3. The Labute approximate surface area is 174 Å². The van der Waals surface area contributed by atoms with E-state index in [1.807, 2.05) is 50.2 Å². The van der Waals surface area contributed by atoms with Crippen molar-refractivity contribution in [3.63, 3.8) is 0 Å². The van der Waals surface area contributed by atoms with Gasteiger partial charge in [0.15, 0.2) is 0 Å². The van der Waals surface area contributed by atoms with Crippen LogP contribution in [0.4, 0.5) is 16.3 Å². The Morgan fingerprint density at radius 2 is 1.90 bits per heavy atom. The molecule has 0 saturated heterocycles. The number of carbonyl (C=O) groups is 1. The fraction of sp³-hybridized carbons (Fsp3) is 0.182. The van der Waals surface area contributed by atoms with Gasteiger partial charge in [-0.1, -0.05) is 30.3 Å². The van der Waals surface area contributed by atoms with Crippen LogP contribution in [0.1, 0.15) is 45.3 Å². The maximum absolute atomic E-state index is 12.3. The molecule has 3 rings (SSSR count). The standard InChI is InChI=1S/C22H24N6O.3H2/c1-13-11-17(9-10-25-13)21(24)20-15(3)26-19(12-18(20)23)28-22(29)27-14(2)16-7-5-4-6-8-16;;;/h4-12,14,24H,1-3H3,(H4,23,26,27,28,29);3*1H/t14-;;;/m1.../s1. The van der Waals surface area contributed by atoms with E-state index in [0.717, 1.165) is 11.3 Å². The summed E-state index contributed by atoms with van der Waals surface area (Å²) in [6.45, 7) is 5.54. The number of anilines is 2. The summed E-state index contributed by atoms with van der Waals surface area (Å²) in [7, 11) is 0. The Morgan fingerprint density at radius 1 is 1.17 bits per heavy atom. The number of nitrogens with zero attached hydrogens (tertiary/aromatic N) is 2. The zero-order valence-electron chi connectivity index (χ0n) is 16.7. The Bertz CT molecular complexity index is 1040. The SMILES string of the molecule is Cc1cc(C(=N)c2c(N)cc(NC(=O)N[C@H](C)c3ccccc3)nc2C)ccn1.[HH].[HH].[HH]. The molecule has 5 N–H and O–H groups in total. The highest BCUT2D eigenvalue weighted by Gasteiger charge is 2.16. The quantitative estimate of drug-likeness (QED) is 0.469. The van der Waals surface area contributed by atoms with Crippen molar-refractivity contribution in [2.75, 3.05) is 11.1 Å². The fourth-order valence-electron chi connectivity index (χ4n) is 3.11. The van der Waals surface area contributed by atoms with Gasteiger partial charge in [-0.2, -0.15) is 0 Å². The number of hydrogen-bond donors (Lipinski definition) is 4. The minimum atomic E-state index is -0.375. The zero-order chi connectivity index (χ0) is 21.0. The van der Waals surface area contributed by atoms with E-state index in [-0.39, 0.29) is 22.1 Å². The molecule has 0 spiro atoms. The van der Waals surface area contributed by atoms with E-state index in [2.05, 4.69) is 20.6 Å². The smallest absolute Gasteiger partial charge is 0.320 e. The molecule has 154 valence electrons. The number of benzene rings is 1. The number of nitrogens with one attached hydrogen (secondary N) is 3. The number of aromatic nitrogens is 2. The van der Waals surface area contributed by atoms with Crippen molar-refractivity contribution in [1.29, 1.82) is 5.41 Å². The van der Waals surface area contributed by atoms with Crippen LogP contribution < -0.4 is 16.4 Å². The van der Waals surface area contributed by atoms with Crippen molar-refractivity contribution in [3.8, 4) is 0 Å². The molecule has 0 bridgehead atoms. The first-order valence-electron chi connectivity index (χ1n) is 9.26. The molecule has 0 unspecified atom stereocenters. The van der Waals surface area contributed by atoms with Crippen molar-refractivity contribution >= 4 is 23.2 Å². The van der Waals surface area contributed by atoms with E-state index in [0.29, 0.717) is 28.3 Å². The molecule has 1 aromatic carbocycles. The maximum Gasteiger partial charge on any atom is 0.320 e. The lowest BCUT2D eigenvalue weighted by Crippen LogP contribution is -2.31. The Hall–Kier alpha value is -3.74. The number of amides is 2. The number of rotatable bonds is 5. The van der Waals surface area contributed by atoms with Crippen LogP contribution in [-0.2, 0) is 0 Å². The Kier molecular flexibility index (Phi) is 5.87. The van der Waals surface area contributed by atoms with Crippen LogP contribution in [0, 0.1) is 19.3 Å². The van der Waals surface area contributed by atoms with Gasteiger partial charge < -0.3 is 11.1 Å². The normalized spacial score (nSPS) is 11.6. The first kappa shape index (κ1) is 20.0. The number of nitrogen functional groups attached to an aromatic ring is 1. The molecule has 7 heteroatoms. The van der Waals surface area contributed by atoms with Crippen LogP contribution in [-0.4, -0.2) is 21.7 Å². The molecule has 0 radical (unpaired) electrons. The third-order valence-electron chi connectivity index (χ3n) is 4.55. The number of aryl methyl sites for hydroxylation is 2. The largest absolute Gasteiger partial charge is 0.398 e. The third-order valence-corrected chi connectivity index (χ3v) is 4.55. The molecule has 0 saturated carbocycles. The molecule has 2 amide bonds. The molecule has 2 aromatic heterocycles. The van der Waals surface area contributed by atoms with Crippen LogP contribution in [0.5, 0.6) is 0 Å². The minimum Gasteiger partial charge on any atom is -0.398 e. The van der Waals surface area contributed by atoms with E-state index >= 15 is 0 Å². The maximum atomic E-state index is 12.3. The summed E-state index contributed by atoms with van der Waals surface area (Å²) < 4.78 is 0. The van der Waals surface area contributed by atoms with Crippen molar-refractivity contribution in [3.05, 3.63) is 82.8 Å². The highest BCUT2D eigenvalue weighted by atomic mass is 16.2. The van der Waals surface area contributed by atoms with E-state index in [1.165, 1.54) is 0 Å². The molecule has 2 heterocycles. The predicted octanol–water partition coefficient (Wildman–Crippen LogP) is 4.71. The first-order valence-corrected chi connectivity index (χ1v) is 9.26. The first-order chi connectivity index (χ1) is 13.8. The van der Waals surface area contributed by atoms with Gasteiger partial charge >= 0.3 is 6.03 Å². The molecule has 3 aromatic rings. The number of urea groups is 1. The highest BCUT2D eigenvalue weighted by molar-refractivity contribution is 6.14. The number of pyridine rings is 2. The predicted molar refractivity (Wildman–Crippen MR) is 122 cm³/mol. The van der Waals surface area contributed by atoms with Crippen molar-refractivity contribution in [1.82, 2.24) is 15.3 Å². The zero-order valence-corrected chi connectivity index (χ0v) is 16.7. The summed E-state index contributed by atoms with van der Waals surface area (Å²) in [5.41, 5.74) is 10.5. The molecule has 0 aliphatic rings. The molecule has 1 atom stereocenters. The van der Waals surface area contributed by atoms with Gasteiger partial charge in [0.1, 0.15) is 5.82 Å².